The van der Waals surface area contributed by atoms with Crippen LogP contribution in [-0.4, -0.2) is 5.11 Å². The zero-order valence-corrected chi connectivity index (χ0v) is 16.6. The summed E-state index contributed by atoms with van der Waals surface area (Å²) in [4.78, 5) is 0. The number of hydrogen-bond acceptors (Lipinski definition) is 2. The molecular formula is C25H17BrO2. The maximum absolute atomic E-state index is 12.3. The average molecular weight is 429 g/mol. The number of halogens is 1. The minimum atomic E-state index is -1.33. The Labute approximate surface area is 172 Å². The van der Waals surface area contributed by atoms with Gasteiger partial charge in [-0.3, -0.25) is 0 Å². The van der Waals surface area contributed by atoms with Gasteiger partial charge in [-0.15, -0.1) is 0 Å². The molecule has 0 aromatic heterocycles. The second-order valence-corrected chi connectivity index (χ2v) is 7.78. The molecule has 0 saturated heterocycles. The summed E-state index contributed by atoms with van der Waals surface area (Å²) in [6.45, 7) is 0. The van der Waals surface area contributed by atoms with Gasteiger partial charge in [-0.05, 0) is 35.4 Å². The smallest absolute Gasteiger partial charge is 0.148 e. The summed E-state index contributed by atoms with van der Waals surface area (Å²) in [6.07, 6.45) is 0. The molecule has 136 valence electrons. The fourth-order valence-electron chi connectivity index (χ4n) is 3.95. The van der Waals surface area contributed by atoms with E-state index in [2.05, 4.69) is 34.1 Å². The summed E-state index contributed by atoms with van der Waals surface area (Å²) in [5.74, 6) is 1.33. The summed E-state index contributed by atoms with van der Waals surface area (Å²) < 4.78 is 7.01. The Kier molecular flexibility index (Phi) is 4.08. The lowest BCUT2D eigenvalue weighted by atomic mass is 9.75. The Morgan fingerprint density at radius 3 is 2.11 bits per heavy atom. The Morgan fingerprint density at radius 1 is 0.643 bits per heavy atom. The van der Waals surface area contributed by atoms with Crippen LogP contribution in [0.4, 0.5) is 0 Å². The Morgan fingerprint density at radius 2 is 1.29 bits per heavy atom. The highest BCUT2D eigenvalue weighted by molar-refractivity contribution is 9.10. The van der Waals surface area contributed by atoms with Crippen molar-refractivity contribution in [2.24, 2.45) is 0 Å². The lowest BCUT2D eigenvalue weighted by Gasteiger charge is -2.37. The molecule has 1 aliphatic heterocycles. The summed E-state index contributed by atoms with van der Waals surface area (Å²) in [7, 11) is 0. The van der Waals surface area contributed by atoms with Gasteiger partial charge in [-0.25, -0.2) is 0 Å². The van der Waals surface area contributed by atoms with Crippen LogP contribution in [0.25, 0.3) is 11.1 Å². The van der Waals surface area contributed by atoms with Crippen molar-refractivity contribution in [2.45, 2.75) is 5.60 Å². The van der Waals surface area contributed by atoms with Gasteiger partial charge in [0.05, 0.1) is 0 Å². The van der Waals surface area contributed by atoms with Crippen LogP contribution in [0, 0.1) is 0 Å². The molecule has 2 nitrogen and oxygen atoms in total. The van der Waals surface area contributed by atoms with E-state index in [0.29, 0.717) is 11.5 Å². The van der Waals surface area contributed by atoms with E-state index in [1.807, 2.05) is 78.9 Å². The minimum absolute atomic E-state index is 0.660. The van der Waals surface area contributed by atoms with Gasteiger partial charge in [0.1, 0.15) is 17.1 Å². The predicted octanol–water partition coefficient (Wildman–Crippen LogP) is 6.51. The molecule has 0 bridgehead atoms. The van der Waals surface area contributed by atoms with Crippen LogP contribution < -0.4 is 4.74 Å². The molecule has 3 heteroatoms. The van der Waals surface area contributed by atoms with Crippen molar-refractivity contribution in [1.82, 2.24) is 0 Å². The second-order valence-electron chi connectivity index (χ2n) is 6.86. The van der Waals surface area contributed by atoms with Crippen LogP contribution in [0.5, 0.6) is 11.5 Å². The first-order valence-corrected chi connectivity index (χ1v) is 9.92. The highest BCUT2D eigenvalue weighted by Crippen LogP contribution is 2.52. The highest BCUT2D eigenvalue weighted by atomic mass is 79.9. The van der Waals surface area contributed by atoms with E-state index >= 15 is 0 Å². The van der Waals surface area contributed by atoms with Gasteiger partial charge in [0.25, 0.3) is 0 Å². The van der Waals surface area contributed by atoms with Crippen LogP contribution in [0.3, 0.4) is 0 Å². The first-order chi connectivity index (χ1) is 13.7. The molecule has 4 aromatic carbocycles. The van der Waals surface area contributed by atoms with Crippen molar-refractivity contribution in [2.75, 3.05) is 0 Å². The van der Waals surface area contributed by atoms with Crippen LogP contribution in [0.2, 0.25) is 0 Å². The van der Waals surface area contributed by atoms with E-state index in [4.69, 9.17) is 4.74 Å². The molecule has 0 radical (unpaired) electrons. The number of benzene rings is 4. The summed E-state index contributed by atoms with van der Waals surface area (Å²) >= 11 is 3.55. The van der Waals surface area contributed by atoms with Gasteiger partial charge in [0.2, 0.25) is 0 Å². The zero-order chi connectivity index (χ0) is 19.1. The molecule has 1 N–H and O–H groups in total. The van der Waals surface area contributed by atoms with Crippen LogP contribution in [0.1, 0.15) is 16.7 Å². The van der Waals surface area contributed by atoms with Gasteiger partial charge in [0, 0.05) is 21.2 Å². The van der Waals surface area contributed by atoms with Gasteiger partial charge in [0.15, 0.2) is 0 Å². The van der Waals surface area contributed by atoms with Crippen LogP contribution >= 0.6 is 15.9 Å². The van der Waals surface area contributed by atoms with Crippen molar-refractivity contribution in [3.8, 4) is 22.6 Å². The molecule has 0 saturated carbocycles. The fraction of sp³-hybridized carbons (Fsp3) is 0.0400. The molecular weight excluding hydrogens is 412 g/mol. The predicted molar refractivity (Wildman–Crippen MR) is 115 cm³/mol. The zero-order valence-electron chi connectivity index (χ0n) is 15.0. The lowest BCUT2D eigenvalue weighted by Crippen LogP contribution is -2.33. The third-order valence-corrected chi connectivity index (χ3v) is 5.72. The molecule has 1 unspecified atom stereocenters. The number of aliphatic hydroxyl groups is 1. The number of rotatable bonds is 2. The van der Waals surface area contributed by atoms with Crippen molar-refractivity contribution in [3.63, 3.8) is 0 Å². The molecule has 0 aliphatic carbocycles. The monoisotopic (exact) mass is 428 g/mol. The van der Waals surface area contributed by atoms with Crippen molar-refractivity contribution in [1.29, 1.82) is 0 Å². The van der Waals surface area contributed by atoms with Crippen molar-refractivity contribution in [3.05, 3.63) is 118 Å². The second kappa shape index (κ2) is 6.62. The number of para-hydroxylation sites is 1. The van der Waals surface area contributed by atoms with E-state index in [-0.39, 0.29) is 0 Å². The van der Waals surface area contributed by atoms with Gasteiger partial charge in [-0.2, -0.15) is 0 Å². The van der Waals surface area contributed by atoms with E-state index < -0.39 is 5.60 Å². The fourth-order valence-corrected chi connectivity index (χ4v) is 4.31. The van der Waals surface area contributed by atoms with E-state index in [9.17, 15) is 5.11 Å². The van der Waals surface area contributed by atoms with Gasteiger partial charge >= 0.3 is 0 Å². The third kappa shape index (κ3) is 2.59. The molecule has 5 rings (SSSR count). The topological polar surface area (TPSA) is 29.5 Å². The SMILES string of the molecule is OC1(c2ccccc2-c2ccccc2)c2ccccc2Oc2ccc(Br)cc21. The average Bonchev–Trinajstić information content (AvgIpc) is 2.75. The normalized spacial score (nSPS) is 17.4. The first kappa shape index (κ1) is 17.2. The van der Waals surface area contributed by atoms with Crippen LogP contribution in [-0.2, 0) is 5.60 Å². The number of hydrogen-bond donors (Lipinski definition) is 1. The summed E-state index contributed by atoms with van der Waals surface area (Å²) in [5, 5.41) is 12.3. The number of ether oxygens (including phenoxy) is 1. The molecule has 1 heterocycles. The maximum Gasteiger partial charge on any atom is 0.148 e. The Bertz CT molecular complexity index is 1170. The lowest BCUT2D eigenvalue weighted by molar-refractivity contribution is 0.113. The van der Waals surface area contributed by atoms with Gasteiger partial charge in [-0.1, -0.05) is 88.7 Å². The number of fused-ring (bicyclic) bond motifs is 2. The molecule has 0 fully saturated rings. The minimum Gasteiger partial charge on any atom is -0.457 e. The molecule has 0 amide bonds. The van der Waals surface area contributed by atoms with E-state index in [1.165, 1.54) is 0 Å². The molecule has 28 heavy (non-hydrogen) atoms. The van der Waals surface area contributed by atoms with E-state index in [1.54, 1.807) is 0 Å². The Balaban J connectivity index is 1.85. The van der Waals surface area contributed by atoms with Gasteiger partial charge < -0.3 is 9.84 Å². The standard InChI is InChI=1S/C25H17BrO2/c26-18-14-15-24-22(16-18)25(27,21-12-6-7-13-23(21)28-24)20-11-5-4-10-19(20)17-8-2-1-3-9-17/h1-16,27H. The summed E-state index contributed by atoms with van der Waals surface area (Å²) in [5.41, 5.74) is 3.02. The molecule has 1 atom stereocenters. The maximum atomic E-state index is 12.3. The first-order valence-electron chi connectivity index (χ1n) is 9.12. The third-order valence-electron chi connectivity index (χ3n) is 5.23. The largest absolute Gasteiger partial charge is 0.457 e. The van der Waals surface area contributed by atoms with Crippen molar-refractivity contribution >= 4 is 15.9 Å². The molecule has 0 spiro atoms. The quantitative estimate of drug-likeness (QED) is 0.394. The molecule has 4 aromatic rings. The summed E-state index contributed by atoms with van der Waals surface area (Å²) in [6, 6.07) is 31.6. The highest BCUT2D eigenvalue weighted by Gasteiger charge is 2.43. The molecule has 1 aliphatic rings. The Hall–Kier alpha value is -2.88. The van der Waals surface area contributed by atoms with Crippen LogP contribution in [0.15, 0.2) is 102 Å². The van der Waals surface area contributed by atoms with E-state index in [0.717, 1.165) is 32.3 Å². The van der Waals surface area contributed by atoms with Crippen molar-refractivity contribution < 1.29 is 9.84 Å².